The van der Waals surface area contributed by atoms with Crippen LogP contribution < -0.4 is 5.32 Å². The molecule has 0 saturated heterocycles. The average Bonchev–Trinajstić information content (AvgIpc) is 2.55. The molecule has 1 fully saturated rings. The monoisotopic (exact) mass is 244 g/mol. The van der Waals surface area contributed by atoms with E-state index >= 15 is 0 Å². The Morgan fingerprint density at radius 2 is 1.81 bits per heavy atom. The van der Waals surface area contributed by atoms with Gasteiger partial charge in [-0.2, -0.15) is 11.8 Å². The van der Waals surface area contributed by atoms with Crippen LogP contribution in [0.15, 0.2) is 0 Å². The molecule has 0 unspecified atom stereocenters. The largest absolute Gasteiger partial charge is 0.313 e. The third-order valence-corrected chi connectivity index (χ3v) is 4.05. The molecule has 1 aliphatic rings. The Balaban J connectivity index is 2.00. The molecule has 0 aliphatic heterocycles. The first-order chi connectivity index (χ1) is 7.83. The summed E-state index contributed by atoms with van der Waals surface area (Å²) in [6.07, 6.45) is 10.7. The van der Waals surface area contributed by atoms with E-state index in [2.05, 4.69) is 23.5 Å². The maximum absolute atomic E-state index is 3.72. The Morgan fingerprint density at radius 1 is 1.12 bits per heavy atom. The fraction of sp³-hybridized carbons (Fsp3) is 1.00. The van der Waals surface area contributed by atoms with Gasteiger partial charge in [0.1, 0.15) is 0 Å². The van der Waals surface area contributed by atoms with E-state index in [4.69, 9.17) is 0 Å². The molecule has 0 aromatic carbocycles. The SMILES string of the molecule is CSCCN(C)CCNC1CCCCCC1. The highest BCUT2D eigenvalue weighted by Crippen LogP contribution is 2.16. The lowest BCUT2D eigenvalue weighted by atomic mass is 10.1. The summed E-state index contributed by atoms with van der Waals surface area (Å²) in [5.41, 5.74) is 0. The van der Waals surface area contributed by atoms with Crippen molar-refractivity contribution in [3.05, 3.63) is 0 Å². The molecule has 0 heterocycles. The third kappa shape index (κ3) is 6.77. The molecule has 2 nitrogen and oxygen atoms in total. The molecule has 16 heavy (non-hydrogen) atoms. The Bertz CT molecular complexity index is 156. The molecular weight excluding hydrogens is 216 g/mol. The van der Waals surface area contributed by atoms with E-state index in [0.29, 0.717) is 0 Å². The molecular formula is C13H28N2S. The van der Waals surface area contributed by atoms with Crippen LogP contribution in [0.4, 0.5) is 0 Å². The van der Waals surface area contributed by atoms with Crippen molar-refractivity contribution in [2.45, 2.75) is 44.6 Å². The number of nitrogens with zero attached hydrogens (tertiary/aromatic N) is 1. The molecule has 1 rings (SSSR count). The van der Waals surface area contributed by atoms with Gasteiger partial charge in [0, 0.05) is 31.4 Å². The molecule has 0 bridgehead atoms. The first-order valence-corrected chi connectivity index (χ1v) is 8.13. The quantitative estimate of drug-likeness (QED) is 0.693. The van der Waals surface area contributed by atoms with Crippen molar-refractivity contribution in [1.82, 2.24) is 10.2 Å². The van der Waals surface area contributed by atoms with Crippen LogP contribution in [-0.4, -0.2) is 49.6 Å². The van der Waals surface area contributed by atoms with E-state index in [0.717, 1.165) is 12.6 Å². The van der Waals surface area contributed by atoms with Gasteiger partial charge in [0.2, 0.25) is 0 Å². The first kappa shape index (κ1) is 14.3. The maximum atomic E-state index is 3.72. The molecule has 0 aromatic rings. The predicted octanol–water partition coefficient (Wildman–Crippen LogP) is 2.59. The lowest BCUT2D eigenvalue weighted by Crippen LogP contribution is -2.36. The summed E-state index contributed by atoms with van der Waals surface area (Å²) in [5, 5.41) is 3.72. The van der Waals surface area contributed by atoms with Crippen molar-refractivity contribution in [3.63, 3.8) is 0 Å². The number of rotatable bonds is 7. The van der Waals surface area contributed by atoms with E-state index in [1.165, 1.54) is 57.4 Å². The number of hydrogen-bond acceptors (Lipinski definition) is 3. The second-order valence-corrected chi connectivity index (χ2v) is 5.92. The summed E-state index contributed by atoms with van der Waals surface area (Å²) in [6.45, 7) is 3.57. The van der Waals surface area contributed by atoms with Crippen LogP contribution in [0.1, 0.15) is 38.5 Å². The van der Waals surface area contributed by atoms with Gasteiger partial charge in [-0.15, -0.1) is 0 Å². The maximum Gasteiger partial charge on any atom is 0.0104 e. The van der Waals surface area contributed by atoms with Crippen LogP contribution in [0.5, 0.6) is 0 Å². The van der Waals surface area contributed by atoms with E-state index in [1.807, 2.05) is 11.8 Å². The zero-order chi connectivity index (χ0) is 11.6. The average molecular weight is 244 g/mol. The van der Waals surface area contributed by atoms with E-state index in [9.17, 15) is 0 Å². The normalized spacial score (nSPS) is 18.9. The van der Waals surface area contributed by atoms with Crippen molar-refractivity contribution in [2.75, 3.05) is 38.7 Å². The molecule has 0 radical (unpaired) electrons. The Morgan fingerprint density at radius 3 is 2.44 bits per heavy atom. The van der Waals surface area contributed by atoms with Gasteiger partial charge in [-0.05, 0) is 26.1 Å². The van der Waals surface area contributed by atoms with Gasteiger partial charge in [0.15, 0.2) is 0 Å². The van der Waals surface area contributed by atoms with Crippen LogP contribution in [0.2, 0.25) is 0 Å². The van der Waals surface area contributed by atoms with Crippen LogP contribution >= 0.6 is 11.8 Å². The standard InChI is InChI=1S/C13H28N2S/c1-15(11-12-16-2)10-9-14-13-7-5-3-4-6-8-13/h13-14H,3-12H2,1-2H3. The first-order valence-electron chi connectivity index (χ1n) is 6.74. The zero-order valence-corrected chi connectivity index (χ0v) is 11.8. The fourth-order valence-corrected chi connectivity index (χ4v) is 2.80. The topological polar surface area (TPSA) is 15.3 Å². The van der Waals surface area contributed by atoms with Gasteiger partial charge in [-0.3, -0.25) is 0 Å². The molecule has 0 amide bonds. The lowest BCUT2D eigenvalue weighted by Gasteiger charge is -2.20. The highest BCUT2D eigenvalue weighted by atomic mass is 32.2. The minimum Gasteiger partial charge on any atom is -0.313 e. The molecule has 1 aliphatic carbocycles. The summed E-state index contributed by atoms with van der Waals surface area (Å²) >= 11 is 1.93. The van der Waals surface area contributed by atoms with Gasteiger partial charge in [-0.1, -0.05) is 25.7 Å². The van der Waals surface area contributed by atoms with Gasteiger partial charge in [0.25, 0.3) is 0 Å². The fourth-order valence-electron chi connectivity index (χ4n) is 2.30. The predicted molar refractivity (Wildman–Crippen MR) is 75.4 cm³/mol. The Kier molecular flexibility index (Phi) is 8.34. The van der Waals surface area contributed by atoms with Crippen LogP contribution in [0.25, 0.3) is 0 Å². The molecule has 1 saturated carbocycles. The molecule has 96 valence electrons. The highest BCUT2D eigenvalue weighted by Gasteiger charge is 2.10. The van der Waals surface area contributed by atoms with Crippen molar-refractivity contribution >= 4 is 11.8 Å². The van der Waals surface area contributed by atoms with Crippen LogP contribution in [0.3, 0.4) is 0 Å². The Hall–Kier alpha value is 0.270. The molecule has 0 aromatic heterocycles. The second-order valence-electron chi connectivity index (χ2n) is 4.94. The van der Waals surface area contributed by atoms with Crippen LogP contribution in [0, 0.1) is 0 Å². The zero-order valence-electron chi connectivity index (χ0n) is 11.0. The smallest absolute Gasteiger partial charge is 0.0104 e. The van der Waals surface area contributed by atoms with Gasteiger partial charge < -0.3 is 10.2 Å². The number of hydrogen-bond donors (Lipinski definition) is 1. The van der Waals surface area contributed by atoms with Crippen molar-refractivity contribution < 1.29 is 0 Å². The lowest BCUT2D eigenvalue weighted by molar-refractivity contribution is 0.335. The highest BCUT2D eigenvalue weighted by molar-refractivity contribution is 7.98. The van der Waals surface area contributed by atoms with E-state index < -0.39 is 0 Å². The summed E-state index contributed by atoms with van der Waals surface area (Å²) in [4.78, 5) is 2.43. The van der Waals surface area contributed by atoms with Crippen molar-refractivity contribution in [3.8, 4) is 0 Å². The summed E-state index contributed by atoms with van der Waals surface area (Å²) in [7, 11) is 2.23. The third-order valence-electron chi connectivity index (χ3n) is 3.46. The number of thioether (sulfide) groups is 1. The molecule has 0 atom stereocenters. The van der Waals surface area contributed by atoms with Gasteiger partial charge >= 0.3 is 0 Å². The van der Waals surface area contributed by atoms with E-state index in [-0.39, 0.29) is 0 Å². The van der Waals surface area contributed by atoms with E-state index in [1.54, 1.807) is 0 Å². The molecule has 3 heteroatoms. The second kappa shape index (κ2) is 9.32. The minimum absolute atomic E-state index is 0.802. The minimum atomic E-state index is 0.802. The van der Waals surface area contributed by atoms with Gasteiger partial charge in [0.05, 0.1) is 0 Å². The summed E-state index contributed by atoms with van der Waals surface area (Å²) in [5.74, 6) is 1.25. The molecule has 0 spiro atoms. The number of likely N-dealkylation sites (N-methyl/N-ethyl adjacent to an activating group) is 1. The summed E-state index contributed by atoms with van der Waals surface area (Å²) < 4.78 is 0. The van der Waals surface area contributed by atoms with Crippen molar-refractivity contribution in [2.24, 2.45) is 0 Å². The molecule has 1 N–H and O–H groups in total. The van der Waals surface area contributed by atoms with Crippen LogP contribution in [-0.2, 0) is 0 Å². The van der Waals surface area contributed by atoms with Gasteiger partial charge in [-0.25, -0.2) is 0 Å². The Labute approximate surface area is 106 Å². The summed E-state index contributed by atoms with van der Waals surface area (Å²) in [6, 6.07) is 0.802. The number of nitrogens with one attached hydrogen (secondary N) is 1. The van der Waals surface area contributed by atoms with Crippen molar-refractivity contribution in [1.29, 1.82) is 0 Å².